The van der Waals surface area contributed by atoms with Crippen molar-refractivity contribution in [2.24, 2.45) is 0 Å². The van der Waals surface area contributed by atoms with Crippen LogP contribution < -0.4 is 0 Å². The number of nitrogens with zero attached hydrogens (tertiary/aromatic N) is 4. The van der Waals surface area contributed by atoms with Crippen LogP contribution in [0.5, 0.6) is 0 Å². The van der Waals surface area contributed by atoms with Crippen molar-refractivity contribution in [2.45, 2.75) is 31.9 Å². The lowest BCUT2D eigenvalue weighted by atomic mass is 10.0. The third-order valence-corrected chi connectivity index (χ3v) is 6.39. The highest BCUT2D eigenvalue weighted by Gasteiger charge is 2.50. The Hall–Kier alpha value is -3.19. The Kier molecular flexibility index (Phi) is 4.78. The molecule has 1 saturated heterocycles. The van der Waals surface area contributed by atoms with Gasteiger partial charge in [0.25, 0.3) is 11.8 Å². The Morgan fingerprint density at radius 1 is 0.968 bits per heavy atom. The summed E-state index contributed by atoms with van der Waals surface area (Å²) in [5.41, 5.74) is 2.74. The molecule has 31 heavy (non-hydrogen) atoms. The quantitative estimate of drug-likeness (QED) is 0.706. The van der Waals surface area contributed by atoms with E-state index in [0.717, 1.165) is 28.6 Å². The molecule has 160 valence electrons. The number of fused-ring (bicyclic) bond motifs is 1. The van der Waals surface area contributed by atoms with E-state index in [0.29, 0.717) is 44.6 Å². The Balaban J connectivity index is 1.27. The van der Waals surface area contributed by atoms with Crippen LogP contribution in [0.4, 0.5) is 0 Å². The van der Waals surface area contributed by atoms with Gasteiger partial charge < -0.3 is 14.9 Å². The summed E-state index contributed by atoms with van der Waals surface area (Å²) >= 11 is 0. The van der Waals surface area contributed by atoms with Gasteiger partial charge in [-0.2, -0.15) is 5.10 Å². The standard InChI is InChI=1S/C24H26N4O3/c1-2-28-21-15-19(7-8-20(21)16-25-28)17-3-5-18(6-4-17)22(29)26-11-13-27(14-12-26)23(30)24(31)9-10-24/h3-8,15-16,31H,2,9-14H2,1H3. The van der Waals surface area contributed by atoms with E-state index >= 15 is 0 Å². The lowest BCUT2D eigenvalue weighted by Gasteiger charge is -2.35. The predicted octanol–water partition coefficient (Wildman–Crippen LogP) is 2.53. The number of piperazine rings is 1. The molecule has 2 heterocycles. The number of carbonyl (C=O) groups is 2. The van der Waals surface area contributed by atoms with Gasteiger partial charge in [0.05, 0.1) is 11.7 Å². The van der Waals surface area contributed by atoms with Crippen LogP contribution in [0.3, 0.4) is 0 Å². The van der Waals surface area contributed by atoms with Gasteiger partial charge in [0.1, 0.15) is 5.60 Å². The lowest BCUT2D eigenvalue weighted by molar-refractivity contribution is -0.143. The van der Waals surface area contributed by atoms with Crippen molar-refractivity contribution < 1.29 is 14.7 Å². The highest BCUT2D eigenvalue weighted by Crippen LogP contribution is 2.37. The number of benzene rings is 2. The zero-order chi connectivity index (χ0) is 21.6. The molecule has 3 aromatic rings. The van der Waals surface area contributed by atoms with Gasteiger partial charge in [0.2, 0.25) is 0 Å². The first kappa shape index (κ1) is 19.8. The van der Waals surface area contributed by atoms with Crippen LogP contribution in [-0.2, 0) is 11.3 Å². The van der Waals surface area contributed by atoms with Gasteiger partial charge in [-0.15, -0.1) is 0 Å². The molecule has 5 rings (SSSR count). The Bertz CT molecular complexity index is 1140. The van der Waals surface area contributed by atoms with Crippen molar-refractivity contribution in [1.82, 2.24) is 19.6 Å². The van der Waals surface area contributed by atoms with E-state index in [-0.39, 0.29) is 11.8 Å². The summed E-state index contributed by atoms with van der Waals surface area (Å²) < 4.78 is 1.98. The normalized spacial score (nSPS) is 17.7. The van der Waals surface area contributed by atoms with Crippen molar-refractivity contribution in [3.05, 3.63) is 54.2 Å². The van der Waals surface area contributed by atoms with Crippen molar-refractivity contribution in [3.63, 3.8) is 0 Å². The summed E-state index contributed by atoms with van der Waals surface area (Å²) in [7, 11) is 0. The molecule has 1 aromatic heterocycles. The topological polar surface area (TPSA) is 78.7 Å². The van der Waals surface area contributed by atoms with Gasteiger partial charge in [-0.05, 0) is 49.1 Å². The fourth-order valence-electron chi connectivity index (χ4n) is 4.23. The van der Waals surface area contributed by atoms with Gasteiger partial charge in [-0.25, -0.2) is 0 Å². The minimum absolute atomic E-state index is 0.0247. The molecule has 1 aliphatic heterocycles. The molecule has 1 saturated carbocycles. The van der Waals surface area contributed by atoms with Crippen LogP contribution in [0.2, 0.25) is 0 Å². The number of hydrogen-bond acceptors (Lipinski definition) is 4. The van der Waals surface area contributed by atoms with Gasteiger partial charge in [-0.3, -0.25) is 14.3 Å². The number of rotatable bonds is 4. The van der Waals surface area contributed by atoms with E-state index < -0.39 is 5.60 Å². The molecule has 2 amide bonds. The molecule has 7 nitrogen and oxygen atoms in total. The van der Waals surface area contributed by atoms with Crippen molar-refractivity contribution in [2.75, 3.05) is 26.2 Å². The second kappa shape index (κ2) is 7.50. The first-order valence-corrected chi connectivity index (χ1v) is 10.9. The fraction of sp³-hybridized carbons (Fsp3) is 0.375. The van der Waals surface area contributed by atoms with Gasteiger partial charge in [-0.1, -0.05) is 24.3 Å². The summed E-state index contributed by atoms with van der Waals surface area (Å²) in [5, 5.41) is 15.5. The maximum atomic E-state index is 12.9. The van der Waals surface area contributed by atoms with Gasteiger partial charge in [0, 0.05) is 43.7 Å². The van der Waals surface area contributed by atoms with E-state index in [1.165, 1.54) is 0 Å². The highest BCUT2D eigenvalue weighted by atomic mass is 16.3. The Morgan fingerprint density at radius 2 is 1.61 bits per heavy atom. The summed E-state index contributed by atoms with van der Waals surface area (Å²) in [4.78, 5) is 28.6. The van der Waals surface area contributed by atoms with E-state index in [1.54, 1.807) is 9.80 Å². The van der Waals surface area contributed by atoms with E-state index in [2.05, 4.69) is 30.2 Å². The molecule has 0 radical (unpaired) electrons. The molecule has 0 atom stereocenters. The third-order valence-electron chi connectivity index (χ3n) is 6.39. The number of aliphatic hydroxyl groups is 1. The maximum Gasteiger partial charge on any atom is 0.254 e. The molecule has 2 aromatic carbocycles. The zero-order valence-corrected chi connectivity index (χ0v) is 17.6. The summed E-state index contributed by atoms with van der Waals surface area (Å²) in [5.74, 6) is -0.214. The van der Waals surface area contributed by atoms with Crippen LogP contribution in [0.15, 0.2) is 48.7 Å². The fourth-order valence-corrected chi connectivity index (χ4v) is 4.23. The van der Waals surface area contributed by atoms with Crippen LogP contribution in [0, 0.1) is 0 Å². The second-order valence-electron chi connectivity index (χ2n) is 8.43. The number of aromatic nitrogens is 2. The number of amides is 2. The largest absolute Gasteiger partial charge is 0.380 e. The molecule has 1 aliphatic carbocycles. The monoisotopic (exact) mass is 418 g/mol. The van der Waals surface area contributed by atoms with Crippen molar-refractivity contribution >= 4 is 22.7 Å². The zero-order valence-electron chi connectivity index (χ0n) is 17.6. The number of carbonyl (C=O) groups excluding carboxylic acids is 2. The molecule has 0 unspecified atom stereocenters. The number of aryl methyl sites for hydroxylation is 1. The molecule has 2 fully saturated rings. The number of hydrogen-bond donors (Lipinski definition) is 1. The molecule has 0 bridgehead atoms. The summed E-state index contributed by atoms with van der Waals surface area (Å²) in [6.07, 6.45) is 2.97. The molecule has 0 spiro atoms. The minimum Gasteiger partial charge on any atom is -0.380 e. The SMILES string of the molecule is CCn1ncc2ccc(-c3ccc(C(=O)N4CCN(C(=O)C5(O)CC5)CC4)cc3)cc21. The third kappa shape index (κ3) is 3.59. The van der Waals surface area contributed by atoms with Crippen LogP contribution in [0.25, 0.3) is 22.0 Å². The molecular formula is C24H26N4O3. The predicted molar refractivity (Wildman–Crippen MR) is 118 cm³/mol. The summed E-state index contributed by atoms with van der Waals surface area (Å²) in [6.45, 7) is 4.80. The Labute approximate surface area is 180 Å². The van der Waals surface area contributed by atoms with Gasteiger partial charge >= 0.3 is 0 Å². The molecule has 1 N–H and O–H groups in total. The minimum atomic E-state index is -1.14. The van der Waals surface area contributed by atoms with Gasteiger partial charge in [0.15, 0.2) is 0 Å². The summed E-state index contributed by atoms with van der Waals surface area (Å²) in [6, 6.07) is 14.0. The molecule has 2 aliphatic rings. The molecule has 7 heteroatoms. The average Bonchev–Trinajstić information content (AvgIpc) is 3.44. The Morgan fingerprint density at radius 3 is 2.26 bits per heavy atom. The van der Waals surface area contributed by atoms with E-state index in [1.807, 2.05) is 35.1 Å². The first-order valence-electron chi connectivity index (χ1n) is 10.9. The van der Waals surface area contributed by atoms with E-state index in [9.17, 15) is 14.7 Å². The lowest BCUT2D eigenvalue weighted by Crippen LogP contribution is -2.53. The molecular weight excluding hydrogens is 392 g/mol. The maximum absolute atomic E-state index is 12.9. The average molecular weight is 418 g/mol. The van der Waals surface area contributed by atoms with Crippen LogP contribution in [-0.4, -0.2) is 68.3 Å². The smallest absolute Gasteiger partial charge is 0.254 e. The highest BCUT2D eigenvalue weighted by molar-refractivity contribution is 5.95. The van der Waals surface area contributed by atoms with Crippen molar-refractivity contribution in [1.29, 1.82) is 0 Å². The van der Waals surface area contributed by atoms with Crippen LogP contribution >= 0.6 is 0 Å². The first-order chi connectivity index (χ1) is 15.0. The van der Waals surface area contributed by atoms with Crippen molar-refractivity contribution in [3.8, 4) is 11.1 Å². The second-order valence-corrected chi connectivity index (χ2v) is 8.43. The van der Waals surface area contributed by atoms with E-state index in [4.69, 9.17) is 0 Å². The van der Waals surface area contributed by atoms with Crippen LogP contribution in [0.1, 0.15) is 30.1 Å².